The smallest absolute Gasteiger partial charge is 0.173 e. The molecule has 25 heavy (non-hydrogen) atoms. The molecule has 0 aliphatic heterocycles. The molecule has 0 saturated heterocycles. The van der Waals surface area contributed by atoms with Gasteiger partial charge in [0.25, 0.3) is 0 Å². The van der Waals surface area contributed by atoms with Gasteiger partial charge >= 0.3 is 0 Å². The number of nitrogens with zero attached hydrogens (tertiary/aromatic N) is 3. The Balaban J connectivity index is 2.17. The van der Waals surface area contributed by atoms with Crippen LogP contribution in [0.2, 0.25) is 0 Å². The molecule has 0 amide bonds. The van der Waals surface area contributed by atoms with Gasteiger partial charge in [0.1, 0.15) is 0 Å². The number of thiocarbonyl (C=S) groups is 1. The summed E-state index contributed by atoms with van der Waals surface area (Å²) in [4.78, 5) is 9.74. The third-order valence-electron chi connectivity index (χ3n) is 4.03. The molecule has 1 atom stereocenters. The molecule has 0 radical (unpaired) electrons. The SMILES string of the molecule is CSc1cccc(NC(=S)N(CCN(C)C)[C@H](C)c2ccncc2)c1. The highest BCUT2D eigenvalue weighted by atomic mass is 32.2. The van der Waals surface area contributed by atoms with E-state index in [0.717, 1.165) is 23.9 Å². The van der Waals surface area contributed by atoms with E-state index in [4.69, 9.17) is 12.2 Å². The highest BCUT2D eigenvalue weighted by Gasteiger charge is 2.19. The zero-order valence-electron chi connectivity index (χ0n) is 15.3. The van der Waals surface area contributed by atoms with Gasteiger partial charge in [0.05, 0.1) is 6.04 Å². The maximum atomic E-state index is 5.74. The average molecular weight is 375 g/mol. The lowest BCUT2D eigenvalue weighted by Gasteiger charge is -2.33. The Kier molecular flexibility index (Phi) is 7.68. The van der Waals surface area contributed by atoms with E-state index in [1.165, 1.54) is 10.5 Å². The lowest BCUT2D eigenvalue weighted by molar-refractivity contribution is 0.289. The summed E-state index contributed by atoms with van der Waals surface area (Å²) in [5, 5.41) is 4.14. The number of aromatic nitrogens is 1. The molecule has 0 aliphatic carbocycles. The lowest BCUT2D eigenvalue weighted by atomic mass is 10.1. The van der Waals surface area contributed by atoms with Crippen molar-refractivity contribution in [2.45, 2.75) is 17.9 Å². The first kappa shape index (κ1) is 19.7. The fourth-order valence-corrected chi connectivity index (χ4v) is 3.32. The summed E-state index contributed by atoms with van der Waals surface area (Å²) in [7, 11) is 4.15. The van der Waals surface area contributed by atoms with Gasteiger partial charge in [-0.1, -0.05) is 6.07 Å². The minimum atomic E-state index is 0.173. The predicted molar refractivity (Wildman–Crippen MR) is 112 cm³/mol. The molecule has 134 valence electrons. The topological polar surface area (TPSA) is 31.4 Å². The van der Waals surface area contributed by atoms with Crippen molar-refractivity contribution >= 4 is 34.8 Å². The predicted octanol–water partition coefficient (Wildman–Crippen LogP) is 4.13. The molecule has 0 spiro atoms. The fraction of sp³-hybridized carbons (Fsp3) is 0.368. The van der Waals surface area contributed by atoms with Crippen LogP contribution in [0.5, 0.6) is 0 Å². The molecule has 2 aromatic rings. The Morgan fingerprint density at radius 3 is 2.56 bits per heavy atom. The number of hydrogen-bond acceptors (Lipinski definition) is 4. The second-order valence-corrected chi connectivity index (χ2v) is 7.38. The van der Waals surface area contributed by atoms with Crippen LogP contribution in [0, 0.1) is 0 Å². The molecule has 0 unspecified atom stereocenters. The molecule has 0 aliphatic rings. The van der Waals surface area contributed by atoms with Crippen molar-refractivity contribution in [2.75, 3.05) is 38.8 Å². The summed E-state index contributed by atoms with van der Waals surface area (Å²) in [6.07, 6.45) is 5.73. The standard InChI is InChI=1S/C19H26N4S2/c1-15(16-8-10-20-11-9-16)23(13-12-22(2)3)19(24)21-17-6-5-7-18(14-17)25-4/h5-11,14-15H,12-13H2,1-4H3,(H,21,24)/t15-/m1/s1. The Morgan fingerprint density at radius 2 is 1.92 bits per heavy atom. The molecule has 6 heteroatoms. The molecule has 2 rings (SSSR count). The number of likely N-dealkylation sites (N-methyl/N-ethyl adjacent to an activating group) is 1. The molecular weight excluding hydrogens is 348 g/mol. The molecule has 1 N–H and O–H groups in total. The Labute approximate surface area is 160 Å². The molecule has 0 fully saturated rings. The third-order valence-corrected chi connectivity index (χ3v) is 5.09. The van der Waals surface area contributed by atoms with E-state index in [9.17, 15) is 0 Å². The van der Waals surface area contributed by atoms with Gasteiger partial charge in [-0.3, -0.25) is 4.98 Å². The minimum absolute atomic E-state index is 0.173. The van der Waals surface area contributed by atoms with Crippen molar-refractivity contribution < 1.29 is 0 Å². The van der Waals surface area contributed by atoms with Gasteiger partial charge < -0.3 is 15.1 Å². The van der Waals surface area contributed by atoms with E-state index in [0.29, 0.717) is 0 Å². The van der Waals surface area contributed by atoms with Crippen LogP contribution in [0.15, 0.2) is 53.7 Å². The average Bonchev–Trinajstić information content (AvgIpc) is 2.62. The summed E-state index contributed by atoms with van der Waals surface area (Å²) in [5.74, 6) is 0. The zero-order valence-corrected chi connectivity index (χ0v) is 16.9. The minimum Gasteiger partial charge on any atom is -0.341 e. The third kappa shape index (κ3) is 5.99. The Morgan fingerprint density at radius 1 is 1.20 bits per heavy atom. The van der Waals surface area contributed by atoms with Crippen molar-refractivity contribution in [2.24, 2.45) is 0 Å². The van der Waals surface area contributed by atoms with Crippen LogP contribution in [-0.4, -0.2) is 53.3 Å². The van der Waals surface area contributed by atoms with Gasteiger partial charge in [0, 0.05) is 36.1 Å². The highest BCUT2D eigenvalue weighted by molar-refractivity contribution is 7.98. The molecule has 1 aromatic carbocycles. The second kappa shape index (κ2) is 9.75. The fourth-order valence-electron chi connectivity index (χ4n) is 2.50. The van der Waals surface area contributed by atoms with E-state index in [1.54, 1.807) is 11.8 Å². The van der Waals surface area contributed by atoms with Crippen molar-refractivity contribution in [1.82, 2.24) is 14.8 Å². The van der Waals surface area contributed by atoms with Crippen LogP contribution in [-0.2, 0) is 0 Å². The van der Waals surface area contributed by atoms with Crippen molar-refractivity contribution in [1.29, 1.82) is 0 Å². The van der Waals surface area contributed by atoms with Crippen LogP contribution >= 0.6 is 24.0 Å². The summed E-state index contributed by atoms with van der Waals surface area (Å²) in [6.45, 7) is 3.96. The summed E-state index contributed by atoms with van der Waals surface area (Å²) < 4.78 is 0. The molecule has 0 saturated carbocycles. The maximum Gasteiger partial charge on any atom is 0.173 e. The lowest BCUT2D eigenvalue weighted by Crippen LogP contribution is -2.40. The van der Waals surface area contributed by atoms with E-state index in [2.05, 4.69) is 59.5 Å². The van der Waals surface area contributed by atoms with Crippen molar-refractivity contribution in [3.8, 4) is 0 Å². The number of rotatable bonds is 7. The number of anilines is 1. The quantitative estimate of drug-likeness (QED) is 0.579. The van der Waals surface area contributed by atoms with E-state index >= 15 is 0 Å². The zero-order chi connectivity index (χ0) is 18.2. The van der Waals surface area contributed by atoms with E-state index in [1.807, 2.05) is 36.7 Å². The van der Waals surface area contributed by atoms with Crippen LogP contribution in [0.25, 0.3) is 0 Å². The summed E-state index contributed by atoms with van der Waals surface area (Å²) >= 11 is 7.46. The first-order valence-electron chi connectivity index (χ1n) is 8.27. The van der Waals surface area contributed by atoms with Gasteiger partial charge in [-0.15, -0.1) is 11.8 Å². The summed E-state index contributed by atoms with van der Waals surface area (Å²) in [5.41, 5.74) is 2.23. The monoisotopic (exact) mass is 374 g/mol. The first-order valence-corrected chi connectivity index (χ1v) is 9.91. The van der Waals surface area contributed by atoms with Gasteiger partial charge in [-0.25, -0.2) is 0 Å². The van der Waals surface area contributed by atoms with Gasteiger partial charge in [-0.2, -0.15) is 0 Å². The Bertz CT molecular complexity index is 676. The van der Waals surface area contributed by atoms with Crippen LogP contribution in [0.1, 0.15) is 18.5 Å². The highest BCUT2D eigenvalue weighted by Crippen LogP contribution is 2.23. The Hall–Kier alpha value is -1.63. The molecular formula is C19H26N4S2. The van der Waals surface area contributed by atoms with E-state index < -0.39 is 0 Å². The molecule has 0 bridgehead atoms. The number of hydrogen-bond donors (Lipinski definition) is 1. The first-order chi connectivity index (χ1) is 12.0. The summed E-state index contributed by atoms with van der Waals surface area (Å²) in [6, 6.07) is 12.6. The van der Waals surface area contributed by atoms with Gasteiger partial charge in [0.2, 0.25) is 0 Å². The van der Waals surface area contributed by atoms with E-state index in [-0.39, 0.29) is 6.04 Å². The molecule has 1 heterocycles. The van der Waals surface area contributed by atoms with Crippen LogP contribution in [0.3, 0.4) is 0 Å². The van der Waals surface area contributed by atoms with Gasteiger partial charge in [-0.05, 0) is 75.4 Å². The van der Waals surface area contributed by atoms with Crippen LogP contribution < -0.4 is 5.32 Å². The number of nitrogens with one attached hydrogen (secondary N) is 1. The van der Waals surface area contributed by atoms with Crippen LogP contribution in [0.4, 0.5) is 5.69 Å². The van der Waals surface area contributed by atoms with Crippen molar-refractivity contribution in [3.05, 3.63) is 54.4 Å². The number of benzene rings is 1. The maximum absolute atomic E-state index is 5.74. The molecule has 1 aromatic heterocycles. The second-order valence-electron chi connectivity index (χ2n) is 6.12. The van der Waals surface area contributed by atoms with Crippen molar-refractivity contribution in [3.63, 3.8) is 0 Å². The normalized spacial score (nSPS) is 12.0. The largest absolute Gasteiger partial charge is 0.341 e. The number of thioether (sulfide) groups is 1. The van der Waals surface area contributed by atoms with Gasteiger partial charge in [0.15, 0.2) is 5.11 Å². The number of pyridine rings is 1. The molecule has 4 nitrogen and oxygen atoms in total.